The molecule has 0 aliphatic heterocycles. The number of aryl methyl sites for hydroxylation is 2. The van der Waals surface area contributed by atoms with Crippen molar-refractivity contribution in [3.63, 3.8) is 0 Å². The molecule has 2 aromatic carbocycles. The van der Waals surface area contributed by atoms with Gasteiger partial charge in [0, 0.05) is 0 Å². The third kappa shape index (κ3) is 3.66. The van der Waals surface area contributed by atoms with Gasteiger partial charge in [0.15, 0.2) is 0 Å². The summed E-state index contributed by atoms with van der Waals surface area (Å²) in [6.45, 7) is 7.50. The Hall–Kier alpha value is -1.77. The number of benzene rings is 2. The van der Waals surface area contributed by atoms with Crippen LogP contribution in [0.2, 0.25) is 0 Å². The van der Waals surface area contributed by atoms with Gasteiger partial charge in [-0.25, -0.2) is 4.57 Å². The molecular weight excluding hydrogens is 287 g/mol. The van der Waals surface area contributed by atoms with Crippen LogP contribution in [0.1, 0.15) is 22.3 Å². The summed E-state index contributed by atoms with van der Waals surface area (Å²) in [5.41, 5.74) is 3.60. The van der Waals surface area contributed by atoms with E-state index in [-0.39, 0.29) is 0 Å². The summed E-state index contributed by atoms with van der Waals surface area (Å²) in [6.07, 6.45) is 0. The Morgan fingerprint density at radius 1 is 0.810 bits per heavy atom. The first kappa shape index (κ1) is 15.6. The van der Waals surface area contributed by atoms with Gasteiger partial charge in [-0.1, -0.05) is 24.3 Å². The molecule has 0 amide bonds. The molecule has 0 heterocycles. The highest BCUT2D eigenvalue weighted by Crippen LogP contribution is 2.46. The van der Waals surface area contributed by atoms with E-state index in [0.29, 0.717) is 11.5 Å². The summed E-state index contributed by atoms with van der Waals surface area (Å²) in [6, 6.07) is 10.7. The number of hydrogen-bond acceptors (Lipinski definition) is 3. The largest absolute Gasteiger partial charge is 0.584 e. The topological polar surface area (TPSA) is 55.8 Å². The molecule has 0 fully saturated rings. The number of hydrogen-bond donors (Lipinski definition) is 1. The Morgan fingerprint density at radius 3 is 1.57 bits per heavy atom. The van der Waals surface area contributed by atoms with Gasteiger partial charge in [-0.3, -0.25) is 4.89 Å². The van der Waals surface area contributed by atoms with Gasteiger partial charge in [0.2, 0.25) is 0 Å². The molecule has 1 N–H and O–H groups in total. The fourth-order valence-corrected chi connectivity index (χ4v) is 2.84. The van der Waals surface area contributed by atoms with Gasteiger partial charge in [0.05, 0.1) is 0 Å². The van der Waals surface area contributed by atoms with Gasteiger partial charge < -0.3 is 9.05 Å². The molecular formula is C16H19O4P. The lowest BCUT2D eigenvalue weighted by Gasteiger charge is -2.17. The summed E-state index contributed by atoms with van der Waals surface area (Å²) in [5, 5.41) is 0. The van der Waals surface area contributed by atoms with E-state index in [0.717, 1.165) is 22.3 Å². The third-order valence-corrected chi connectivity index (χ3v) is 4.39. The smallest absolute Gasteiger partial charge is 0.395 e. The maximum absolute atomic E-state index is 12.2. The van der Waals surface area contributed by atoms with E-state index in [2.05, 4.69) is 0 Å². The van der Waals surface area contributed by atoms with Crippen molar-refractivity contribution in [1.29, 1.82) is 0 Å². The molecule has 21 heavy (non-hydrogen) atoms. The van der Waals surface area contributed by atoms with Crippen LogP contribution in [0, 0.1) is 27.7 Å². The molecule has 0 aliphatic rings. The van der Waals surface area contributed by atoms with E-state index < -0.39 is 7.82 Å². The Bertz CT molecular complexity index is 652. The van der Waals surface area contributed by atoms with Gasteiger partial charge in [-0.15, -0.1) is 0 Å². The van der Waals surface area contributed by atoms with Crippen LogP contribution in [0.15, 0.2) is 36.4 Å². The fourth-order valence-electron chi connectivity index (χ4n) is 1.91. The molecule has 0 atom stereocenters. The van der Waals surface area contributed by atoms with Crippen molar-refractivity contribution in [2.75, 3.05) is 0 Å². The van der Waals surface area contributed by atoms with Crippen LogP contribution in [0.25, 0.3) is 0 Å². The molecule has 0 spiro atoms. The van der Waals surface area contributed by atoms with Crippen LogP contribution in [-0.2, 0) is 4.57 Å². The van der Waals surface area contributed by atoms with Gasteiger partial charge in [0.1, 0.15) is 11.5 Å². The second kappa shape index (κ2) is 5.92. The fraction of sp³-hybridized carbons (Fsp3) is 0.250. The highest BCUT2D eigenvalue weighted by Gasteiger charge is 2.27. The highest BCUT2D eigenvalue weighted by molar-refractivity contribution is 7.48. The monoisotopic (exact) mass is 306 g/mol. The first-order chi connectivity index (χ1) is 9.80. The minimum Gasteiger partial charge on any atom is -0.395 e. The second-order valence-electron chi connectivity index (χ2n) is 5.05. The van der Waals surface area contributed by atoms with E-state index in [1.807, 2.05) is 39.8 Å². The number of phosphoric ester groups is 1. The molecule has 0 unspecified atom stereocenters. The van der Waals surface area contributed by atoms with E-state index in [1.165, 1.54) is 0 Å². The van der Waals surface area contributed by atoms with E-state index in [4.69, 9.17) is 9.05 Å². The normalized spacial score (nSPS) is 11.3. The molecule has 2 aromatic rings. The molecule has 0 saturated carbocycles. The lowest BCUT2D eigenvalue weighted by atomic mass is 10.1. The summed E-state index contributed by atoms with van der Waals surface area (Å²) in [7, 11) is -4.23. The first-order valence-electron chi connectivity index (χ1n) is 6.64. The molecule has 112 valence electrons. The molecule has 0 saturated heterocycles. The van der Waals surface area contributed by atoms with Crippen LogP contribution >= 0.6 is 7.82 Å². The third-order valence-electron chi connectivity index (χ3n) is 3.54. The van der Waals surface area contributed by atoms with Crippen molar-refractivity contribution in [1.82, 2.24) is 0 Å². The Balaban J connectivity index is 2.25. The van der Waals surface area contributed by atoms with Crippen molar-refractivity contribution in [2.45, 2.75) is 27.7 Å². The molecule has 2 rings (SSSR count). The SMILES string of the molecule is Cc1cccc(OP(=O)(O)Oc2cccc(C)c2C)c1C. The standard InChI is InChI=1S/C16H19O4P/c1-11-7-5-9-15(13(11)3)19-21(17,18)20-16-10-6-8-12(2)14(16)4/h5-10H,1-4H3,(H,17,18). The van der Waals surface area contributed by atoms with Crippen LogP contribution in [0.4, 0.5) is 0 Å². The molecule has 4 nitrogen and oxygen atoms in total. The zero-order chi connectivity index (χ0) is 15.6. The van der Waals surface area contributed by atoms with Crippen molar-refractivity contribution in [2.24, 2.45) is 0 Å². The number of phosphoric acid groups is 1. The average molecular weight is 306 g/mol. The van der Waals surface area contributed by atoms with Crippen molar-refractivity contribution in [3.05, 3.63) is 58.7 Å². The number of rotatable bonds is 4. The maximum Gasteiger partial charge on any atom is 0.584 e. The van der Waals surface area contributed by atoms with Crippen molar-refractivity contribution in [3.8, 4) is 11.5 Å². The Labute approximate surface area is 125 Å². The average Bonchev–Trinajstić information content (AvgIpc) is 2.40. The minimum atomic E-state index is -4.23. The Kier molecular flexibility index (Phi) is 4.40. The van der Waals surface area contributed by atoms with Crippen LogP contribution < -0.4 is 9.05 Å². The van der Waals surface area contributed by atoms with Crippen molar-refractivity contribution < 1.29 is 18.5 Å². The van der Waals surface area contributed by atoms with Gasteiger partial charge in [-0.05, 0) is 62.1 Å². The maximum atomic E-state index is 12.2. The molecule has 0 aromatic heterocycles. The van der Waals surface area contributed by atoms with Crippen LogP contribution in [-0.4, -0.2) is 4.89 Å². The molecule has 0 aliphatic carbocycles. The lowest BCUT2D eigenvalue weighted by molar-refractivity contribution is 0.289. The second-order valence-corrected chi connectivity index (χ2v) is 6.35. The first-order valence-corrected chi connectivity index (χ1v) is 8.14. The molecule has 0 bridgehead atoms. The molecule has 0 radical (unpaired) electrons. The summed E-state index contributed by atoms with van der Waals surface area (Å²) in [5.74, 6) is 0.706. The van der Waals surface area contributed by atoms with Crippen LogP contribution in [0.5, 0.6) is 11.5 Å². The highest BCUT2D eigenvalue weighted by atomic mass is 31.2. The summed E-state index contributed by atoms with van der Waals surface area (Å²) < 4.78 is 22.6. The minimum absolute atomic E-state index is 0.353. The lowest BCUT2D eigenvalue weighted by Crippen LogP contribution is -2.02. The summed E-state index contributed by atoms with van der Waals surface area (Å²) in [4.78, 5) is 9.96. The van der Waals surface area contributed by atoms with Crippen LogP contribution in [0.3, 0.4) is 0 Å². The van der Waals surface area contributed by atoms with E-state index in [1.54, 1.807) is 24.3 Å². The Morgan fingerprint density at radius 2 is 1.19 bits per heavy atom. The predicted octanol–water partition coefficient (Wildman–Crippen LogP) is 4.48. The van der Waals surface area contributed by atoms with Gasteiger partial charge >= 0.3 is 7.82 Å². The quantitative estimate of drug-likeness (QED) is 0.846. The zero-order valence-electron chi connectivity index (χ0n) is 12.6. The molecule has 5 heteroatoms. The van der Waals surface area contributed by atoms with E-state index in [9.17, 15) is 9.46 Å². The van der Waals surface area contributed by atoms with Gasteiger partial charge in [-0.2, -0.15) is 0 Å². The van der Waals surface area contributed by atoms with Crippen molar-refractivity contribution >= 4 is 7.82 Å². The van der Waals surface area contributed by atoms with E-state index >= 15 is 0 Å². The van der Waals surface area contributed by atoms with Gasteiger partial charge in [0.25, 0.3) is 0 Å². The summed E-state index contributed by atoms with van der Waals surface area (Å²) >= 11 is 0. The predicted molar refractivity (Wildman–Crippen MR) is 82.9 cm³/mol. The zero-order valence-corrected chi connectivity index (χ0v) is 13.5.